The zero-order valence-electron chi connectivity index (χ0n) is 27.3. The number of aryl methyl sites for hydroxylation is 2. The molecule has 0 saturated heterocycles. The SMILES string of the molecule is CCc1cc2c(-c3ccc4ccccc4c3)cccc2[cH-]1.C[Si]C.Cc1cc2c(-c3ccc4ccccc4c3)cccc2[cH-]1.[Cl][Zr+2][Cl]. The quantitative estimate of drug-likeness (QED) is 0.125. The van der Waals surface area contributed by atoms with Gasteiger partial charge in [0.2, 0.25) is 0 Å². The van der Waals surface area contributed by atoms with Crippen LogP contribution in [0.25, 0.3) is 65.3 Å². The summed E-state index contributed by atoms with van der Waals surface area (Å²) in [6.45, 7) is 8.67. The van der Waals surface area contributed by atoms with E-state index in [4.69, 9.17) is 17.0 Å². The van der Waals surface area contributed by atoms with Gasteiger partial charge in [-0.05, 0) is 51.2 Å². The van der Waals surface area contributed by atoms with Gasteiger partial charge in [-0.1, -0.05) is 123 Å². The molecular weight excluding hydrogens is 707 g/mol. The van der Waals surface area contributed by atoms with Crippen molar-refractivity contribution in [1.29, 1.82) is 0 Å². The maximum atomic E-state index is 4.93. The van der Waals surface area contributed by atoms with Crippen molar-refractivity contribution in [1.82, 2.24) is 0 Å². The first-order valence-corrected chi connectivity index (χ1v) is 24.2. The van der Waals surface area contributed by atoms with Gasteiger partial charge in [0.05, 0.1) is 0 Å². The van der Waals surface area contributed by atoms with Gasteiger partial charge in [-0.25, -0.2) is 0 Å². The number of benzene rings is 6. The Bertz CT molecular complexity index is 2210. The Kier molecular flexibility index (Phi) is 12.9. The summed E-state index contributed by atoms with van der Waals surface area (Å²) in [6.07, 6.45) is 1.09. The van der Waals surface area contributed by atoms with Crippen LogP contribution in [0, 0.1) is 6.92 Å². The van der Waals surface area contributed by atoms with Crippen LogP contribution < -0.4 is 0 Å². The third kappa shape index (κ3) is 8.62. The minimum atomic E-state index is -0.826. The van der Waals surface area contributed by atoms with Crippen LogP contribution in [-0.2, 0) is 27.3 Å². The molecule has 0 nitrogen and oxygen atoms in total. The van der Waals surface area contributed by atoms with E-state index >= 15 is 0 Å². The van der Waals surface area contributed by atoms with Crippen LogP contribution in [-0.4, -0.2) is 9.52 Å². The third-order valence-electron chi connectivity index (χ3n) is 8.23. The second-order valence-corrected chi connectivity index (χ2v) is 16.3. The van der Waals surface area contributed by atoms with Gasteiger partial charge in [0.15, 0.2) is 0 Å². The predicted molar refractivity (Wildman–Crippen MR) is 208 cm³/mol. The van der Waals surface area contributed by atoms with E-state index in [0.29, 0.717) is 0 Å². The molecule has 0 atom stereocenters. The molecule has 2 radical (unpaired) electrons. The van der Waals surface area contributed by atoms with E-state index in [0.717, 1.165) is 15.9 Å². The molecule has 0 unspecified atom stereocenters. The molecule has 0 saturated carbocycles. The average Bonchev–Trinajstić information content (AvgIpc) is 3.71. The summed E-state index contributed by atoms with van der Waals surface area (Å²) in [7, 11) is 11.0. The van der Waals surface area contributed by atoms with Crippen LogP contribution in [0.2, 0.25) is 13.1 Å². The number of rotatable bonds is 3. The molecule has 0 amide bonds. The van der Waals surface area contributed by atoms with Crippen molar-refractivity contribution in [2.75, 3.05) is 0 Å². The van der Waals surface area contributed by atoms with Gasteiger partial charge in [-0.15, -0.1) is 69.1 Å². The molecule has 0 aromatic heterocycles. The average molecular weight is 745 g/mol. The molecule has 0 aliphatic carbocycles. The Morgan fingerprint density at radius 3 is 1.49 bits per heavy atom. The number of halogens is 2. The number of hydrogen-bond acceptors (Lipinski definition) is 0. The van der Waals surface area contributed by atoms with Crippen molar-refractivity contribution < 1.29 is 20.8 Å². The summed E-state index contributed by atoms with van der Waals surface area (Å²) in [5.41, 5.74) is 7.98. The Morgan fingerprint density at radius 1 is 0.553 bits per heavy atom. The summed E-state index contributed by atoms with van der Waals surface area (Å²) in [6, 6.07) is 52.8. The Labute approximate surface area is 300 Å². The van der Waals surface area contributed by atoms with Gasteiger partial charge >= 0.3 is 37.9 Å². The van der Waals surface area contributed by atoms with E-state index in [1.165, 1.54) is 76.5 Å². The third-order valence-corrected chi connectivity index (χ3v) is 8.23. The van der Waals surface area contributed by atoms with E-state index in [-0.39, 0.29) is 0 Å². The molecule has 232 valence electrons. The number of fused-ring (bicyclic) bond motifs is 4. The summed E-state index contributed by atoms with van der Waals surface area (Å²) in [5.74, 6) is 0. The predicted octanol–water partition coefficient (Wildman–Crippen LogP) is 13.8. The first kappa shape index (κ1) is 35.1. The van der Waals surface area contributed by atoms with Crippen molar-refractivity contribution in [3.8, 4) is 22.3 Å². The van der Waals surface area contributed by atoms with Crippen LogP contribution in [0.5, 0.6) is 0 Å². The van der Waals surface area contributed by atoms with E-state index < -0.39 is 20.8 Å². The Morgan fingerprint density at radius 2 is 1.00 bits per heavy atom. The normalized spacial score (nSPS) is 10.4. The van der Waals surface area contributed by atoms with Crippen LogP contribution >= 0.6 is 17.0 Å². The van der Waals surface area contributed by atoms with Gasteiger partial charge in [0, 0.05) is 9.52 Å². The first-order chi connectivity index (χ1) is 23.0. The summed E-state index contributed by atoms with van der Waals surface area (Å²) >= 11 is -0.826. The first-order valence-electron chi connectivity index (χ1n) is 15.9. The molecule has 0 bridgehead atoms. The molecule has 0 N–H and O–H groups in total. The van der Waals surface area contributed by atoms with Gasteiger partial charge in [-0.2, -0.15) is 12.1 Å². The van der Waals surface area contributed by atoms with Crippen LogP contribution in [0.3, 0.4) is 0 Å². The molecule has 0 aliphatic heterocycles. The fraction of sp³-hybridized carbons (Fsp3) is 0.116. The van der Waals surface area contributed by atoms with Gasteiger partial charge in [0.25, 0.3) is 0 Å². The zero-order chi connectivity index (χ0) is 33.2. The summed E-state index contributed by atoms with van der Waals surface area (Å²) in [5, 5.41) is 10.6. The molecular formula is C43H38Cl2SiZr. The topological polar surface area (TPSA) is 0 Å². The molecule has 0 aliphatic rings. The van der Waals surface area contributed by atoms with E-state index in [1.54, 1.807) is 0 Å². The van der Waals surface area contributed by atoms with Crippen molar-refractivity contribution >= 4 is 69.6 Å². The second-order valence-electron chi connectivity index (χ2n) is 11.6. The molecule has 47 heavy (non-hydrogen) atoms. The van der Waals surface area contributed by atoms with Crippen molar-refractivity contribution in [3.63, 3.8) is 0 Å². The van der Waals surface area contributed by atoms with Crippen molar-refractivity contribution in [2.45, 2.75) is 33.4 Å². The Hall–Kier alpha value is -3.26. The molecule has 8 rings (SSSR count). The van der Waals surface area contributed by atoms with Crippen LogP contribution in [0.15, 0.2) is 146 Å². The fourth-order valence-electron chi connectivity index (χ4n) is 6.10. The maximum absolute atomic E-state index is 4.93. The Balaban J connectivity index is 0.000000159. The number of hydrogen-bond donors (Lipinski definition) is 0. The standard InChI is InChI=1S/C21H17.C20H15.C2H6Si.2ClH.Zr/c1-2-15-12-18-8-5-9-20(21(18)13-15)19-11-10-16-6-3-4-7-17(16)14-19;1-14-11-17-7-4-8-19(20(17)12-14)18-10-9-15-5-2-3-6-16(15)13-18;1-3-2;;;/h3-14H,2H2,1H3;2-13H,1H3;1-2H3;2*1H;/q2*-1;;;;+4/p-2. The zero-order valence-corrected chi connectivity index (χ0v) is 32.3. The van der Waals surface area contributed by atoms with Crippen LogP contribution in [0.4, 0.5) is 0 Å². The second kappa shape index (κ2) is 17.2. The van der Waals surface area contributed by atoms with Gasteiger partial charge in [0.1, 0.15) is 0 Å². The monoisotopic (exact) mass is 742 g/mol. The molecule has 4 heteroatoms. The summed E-state index contributed by atoms with van der Waals surface area (Å²) in [4.78, 5) is 0. The molecule has 8 aromatic carbocycles. The molecule has 0 heterocycles. The molecule has 8 aromatic rings. The van der Waals surface area contributed by atoms with E-state index in [1.807, 2.05) is 0 Å². The van der Waals surface area contributed by atoms with Gasteiger partial charge < -0.3 is 0 Å². The van der Waals surface area contributed by atoms with Crippen molar-refractivity contribution in [2.24, 2.45) is 0 Å². The van der Waals surface area contributed by atoms with E-state index in [9.17, 15) is 0 Å². The molecule has 0 fully saturated rings. The molecule has 0 spiro atoms. The van der Waals surface area contributed by atoms with Gasteiger partial charge in [-0.3, -0.25) is 0 Å². The minimum absolute atomic E-state index is 0.826. The summed E-state index contributed by atoms with van der Waals surface area (Å²) < 4.78 is 0. The fourth-order valence-corrected chi connectivity index (χ4v) is 6.10. The van der Waals surface area contributed by atoms with Crippen LogP contribution in [0.1, 0.15) is 18.1 Å². The van der Waals surface area contributed by atoms with Crippen molar-refractivity contribution in [3.05, 3.63) is 157 Å². The van der Waals surface area contributed by atoms with E-state index in [2.05, 4.69) is 173 Å².